The van der Waals surface area contributed by atoms with Crippen molar-refractivity contribution in [3.05, 3.63) is 69.7 Å². The fraction of sp³-hybridized carbons (Fsp3) is 0.424. The van der Waals surface area contributed by atoms with Crippen LogP contribution < -0.4 is 20.7 Å². The minimum absolute atomic E-state index is 0.0647. The van der Waals surface area contributed by atoms with Crippen molar-refractivity contribution in [2.75, 3.05) is 68.5 Å². The van der Waals surface area contributed by atoms with Gasteiger partial charge in [-0.1, -0.05) is 11.3 Å². The molecule has 11 nitrogen and oxygen atoms in total. The third-order valence-electron chi connectivity index (χ3n) is 8.80. The minimum Gasteiger partial charge on any atom is -0.376 e. The molecule has 0 spiro atoms. The van der Waals surface area contributed by atoms with E-state index in [4.69, 9.17) is 9.72 Å². The molecule has 2 aliphatic rings. The molecule has 2 aromatic heterocycles. The van der Waals surface area contributed by atoms with Crippen LogP contribution in [0, 0.1) is 17.1 Å². The Bertz CT molecular complexity index is 1940. The summed E-state index contributed by atoms with van der Waals surface area (Å²) in [6.45, 7) is 6.45. The third kappa shape index (κ3) is 7.05. The normalized spacial score (nSPS) is 17.6. The maximum atomic E-state index is 13.6. The number of nitriles is 1. The molecule has 2 saturated heterocycles. The minimum atomic E-state index is -3.38. The number of sulfonamides is 1. The summed E-state index contributed by atoms with van der Waals surface area (Å²) in [5, 5.41) is 15.0. The quantitative estimate of drug-likeness (QED) is 0.264. The summed E-state index contributed by atoms with van der Waals surface area (Å²) < 4.78 is 48.7. The average molecular weight is 680 g/mol. The number of morpholine rings is 1. The molecule has 1 atom stereocenters. The smallest absolute Gasteiger partial charge is 0.258 e. The van der Waals surface area contributed by atoms with Gasteiger partial charge in [0, 0.05) is 81.1 Å². The lowest BCUT2D eigenvalue weighted by atomic mass is 10.1. The van der Waals surface area contributed by atoms with E-state index < -0.39 is 10.0 Å². The van der Waals surface area contributed by atoms with Gasteiger partial charge in [-0.25, -0.2) is 17.8 Å². The van der Waals surface area contributed by atoms with Gasteiger partial charge >= 0.3 is 0 Å². The van der Waals surface area contributed by atoms with Crippen molar-refractivity contribution in [3.63, 3.8) is 0 Å². The van der Waals surface area contributed by atoms with E-state index in [0.29, 0.717) is 78.8 Å². The monoisotopic (exact) mass is 679 g/mol. The number of nitrogens with zero attached hydrogens (tertiary/aromatic N) is 6. The van der Waals surface area contributed by atoms with E-state index in [2.05, 4.69) is 16.3 Å². The molecule has 0 saturated carbocycles. The van der Waals surface area contributed by atoms with E-state index >= 15 is 0 Å². The van der Waals surface area contributed by atoms with E-state index in [9.17, 15) is 22.9 Å². The number of piperazine rings is 1. The summed E-state index contributed by atoms with van der Waals surface area (Å²) in [5.74, 6) is -0.264. The first kappa shape index (κ1) is 33.0. The number of fused-ring (bicyclic) bond motifs is 1. The van der Waals surface area contributed by atoms with Gasteiger partial charge in [0.15, 0.2) is 5.13 Å². The highest BCUT2D eigenvalue weighted by Crippen LogP contribution is 2.38. The van der Waals surface area contributed by atoms with Crippen LogP contribution >= 0.6 is 11.3 Å². The van der Waals surface area contributed by atoms with Crippen molar-refractivity contribution in [3.8, 4) is 17.3 Å². The number of thiazole rings is 1. The molecule has 1 unspecified atom stereocenters. The van der Waals surface area contributed by atoms with Crippen molar-refractivity contribution in [2.45, 2.75) is 32.4 Å². The first-order valence-electron chi connectivity index (χ1n) is 15.8. The number of nitrogens with one attached hydrogen (secondary N) is 1. The van der Waals surface area contributed by atoms with Gasteiger partial charge in [-0.15, -0.1) is 0 Å². The lowest BCUT2D eigenvalue weighted by Crippen LogP contribution is -2.49. The van der Waals surface area contributed by atoms with Crippen LogP contribution in [0.4, 0.5) is 20.9 Å². The highest BCUT2D eigenvalue weighted by molar-refractivity contribution is 7.89. The van der Waals surface area contributed by atoms with Gasteiger partial charge in [0.1, 0.15) is 22.5 Å². The predicted octanol–water partition coefficient (Wildman–Crippen LogP) is 4.14. The molecule has 2 fully saturated rings. The van der Waals surface area contributed by atoms with E-state index in [1.165, 1.54) is 23.5 Å². The van der Waals surface area contributed by atoms with Gasteiger partial charge < -0.3 is 24.4 Å². The second-order valence-corrected chi connectivity index (χ2v) is 14.8. The van der Waals surface area contributed by atoms with E-state index in [1.807, 2.05) is 37.1 Å². The number of aryl methyl sites for hydroxylation is 1. The van der Waals surface area contributed by atoms with Crippen LogP contribution in [0.2, 0.25) is 0 Å². The standard InChI is InChI=1S/C33H38FN7O4S2/c1-3-39-22-29(38(2)33-37-31(30(20-35)46-33)23-6-8-24(34)9-7-23)28-19-25(10-11-27(28)32(39)42)40-13-15-41(16-14-40)47(43,44)18-4-5-26-21-36-12-17-45-26/h6-11,19,22,26,36H,3-5,12-18,21H2,1-2H3. The predicted molar refractivity (Wildman–Crippen MR) is 184 cm³/mol. The second-order valence-electron chi connectivity index (χ2n) is 11.7. The molecule has 0 bridgehead atoms. The molecule has 2 aromatic carbocycles. The SMILES string of the molecule is CCn1cc(N(C)c2nc(-c3ccc(F)cc3)c(C#N)s2)c2cc(N3CCN(S(=O)(=O)CCCC4CNCCO4)CC3)ccc2c1=O. The van der Waals surface area contributed by atoms with Crippen molar-refractivity contribution in [2.24, 2.45) is 0 Å². The lowest BCUT2D eigenvalue weighted by molar-refractivity contribution is 0.0233. The molecule has 0 aliphatic carbocycles. The van der Waals surface area contributed by atoms with E-state index in [1.54, 1.807) is 27.2 Å². The molecular weight excluding hydrogens is 642 g/mol. The van der Waals surface area contributed by atoms with Gasteiger partial charge in [0.05, 0.1) is 24.2 Å². The molecule has 6 rings (SSSR count). The number of pyridine rings is 1. The molecule has 4 heterocycles. The highest BCUT2D eigenvalue weighted by Gasteiger charge is 2.28. The second kappa shape index (κ2) is 14.1. The van der Waals surface area contributed by atoms with Crippen molar-refractivity contribution < 1.29 is 17.5 Å². The fourth-order valence-corrected chi connectivity index (χ4v) is 8.52. The van der Waals surface area contributed by atoms with Crippen molar-refractivity contribution in [1.82, 2.24) is 19.2 Å². The fourth-order valence-electron chi connectivity index (χ4n) is 6.15. The van der Waals surface area contributed by atoms with Crippen LogP contribution in [0.5, 0.6) is 0 Å². The molecular formula is C33H38FN7O4S2. The number of hydrogen-bond acceptors (Lipinski definition) is 10. The average Bonchev–Trinajstić information content (AvgIpc) is 3.53. The van der Waals surface area contributed by atoms with E-state index in [0.717, 1.165) is 29.9 Å². The van der Waals surface area contributed by atoms with Crippen LogP contribution in [-0.2, 0) is 21.3 Å². The molecule has 47 heavy (non-hydrogen) atoms. The first-order valence-corrected chi connectivity index (χ1v) is 18.2. The Balaban J connectivity index is 1.23. The molecule has 4 aromatic rings. The topological polar surface area (TPSA) is 124 Å². The Morgan fingerprint density at radius 3 is 2.60 bits per heavy atom. The van der Waals surface area contributed by atoms with Crippen LogP contribution in [-0.4, -0.2) is 87.1 Å². The number of hydrogen-bond donors (Lipinski definition) is 1. The Morgan fingerprint density at radius 2 is 1.91 bits per heavy atom. The number of anilines is 3. The zero-order chi connectivity index (χ0) is 33.1. The van der Waals surface area contributed by atoms with Gasteiger partial charge in [0.25, 0.3) is 5.56 Å². The maximum absolute atomic E-state index is 13.6. The van der Waals surface area contributed by atoms with E-state index in [-0.39, 0.29) is 23.2 Å². The number of benzene rings is 2. The Morgan fingerprint density at radius 1 is 1.15 bits per heavy atom. The summed E-state index contributed by atoms with van der Waals surface area (Å²) >= 11 is 1.23. The van der Waals surface area contributed by atoms with Crippen LogP contribution in [0.3, 0.4) is 0 Å². The zero-order valence-corrected chi connectivity index (χ0v) is 28.1. The summed E-state index contributed by atoms with van der Waals surface area (Å²) in [4.78, 5) is 22.6. The third-order valence-corrected chi connectivity index (χ3v) is 11.8. The summed E-state index contributed by atoms with van der Waals surface area (Å²) in [6.07, 6.45) is 3.14. The molecule has 0 radical (unpaired) electrons. The summed E-state index contributed by atoms with van der Waals surface area (Å²) in [7, 11) is -1.53. The van der Waals surface area contributed by atoms with Gasteiger partial charge in [-0.05, 0) is 62.2 Å². The van der Waals surface area contributed by atoms with Crippen molar-refractivity contribution in [1.29, 1.82) is 5.26 Å². The Labute approximate surface area is 277 Å². The highest BCUT2D eigenvalue weighted by atomic mass is 32.2. The number of ether oxygens (including phenoxy) is 1. The number of rotatable bonds is 10. The van der Waals surface area contributed by atoms with Gasteiger partial charge in [0.2, 0.25) is 10.0 Å². The summed E-state index contributed by atoms with van der Waals surface area (Å²) in [6, 6.07) is 13.8. The maximum Gasteiger partial charge on any atom is 0.258 e. The molecule has 248 valence electrons. The summed E-state index contributed by atoms with van der Waals surface area (Å²) in [5.41, 5.74) is 2.64. The van der Waals surface area contributed by atoms with Crippen LogP contribution in [0.25, 0.3) is 22.0 Å². The van der Waals surface area contributed by atoms with Gasteiger partial charge in [-0.2, -0.15) is 9.57 Å². The largest absolute Gasteiger partial charge is 0.376 e. The van der Waals surface area contributed by atoms with Crippen LogP contribution in [0.1, 0.15) is 24.6 Å². The lowest BCUT2D eigenvalue weighted by Gasteiger charge is -2.35. The Kier molecular flexibility index (Phi) is 9.90. The molecule has 0 amide bonds. The molecule has 1 N–H and O–H groups in total. The zero-order valence-electron chi connectivity index (χ0n) is 26.5. The number of halogens is 1. The first-order chi connectivity index (χ1) is 22.7. The Hall–Kier alpha value is -3.87. The van der Waals surface area contributed by atoms with Crippen molar-refractivity contribution >= 4 is 48.6 Å². The van der Waals surface area contributed by atoms with Crippen LogP contribution in [0.15, 0.2) is 53.5 Å². The molecule has 2 aliphatic heterocycles. The number of aromatic nitrogens is 2. The van der Waals surface area contributed by atoms with Gasteiger partial charge in [-0.3, -0.25) is 4.79 Å². The molecule has 14 heteroatoms.